The standard InChI is InChI=1S/C8H21O3P/c1-3-5-7-11-12(10,4-2)8-6-9/h9-10,12H,3-8H2,1-2H3. The zero-order valence-electron chi connectivity index (χ0n) is 8.05. The summed E-state index contributed by atoms with van der Waals surface area (Å²) in [4.78, 5) is 9.80. The molecule has 0 aliphatic rings. The van der Waals surface area contributed by atoms with Gasteiger partial charge in [0, 0.05) is 0 Å². The van der Waals surface area contributed by atoms with Gasteiger partial charge < -0.3 is 0 Å². The van der Waals surface area contributed by atoms with Crippen LogP contribution in [-0.2, 0) is 4.52 Å². The molecule has 0 unspecified atom stereocenters. The second-order valence-corrected chi connectivity index (χ2v) is 6.36. The number of aliphatic hydroxyl groups is 1. The van der Waals surface area contributed by atoms with Gasteiger partial charge in [0.25, 0.3) is 0 Å². The first kappa shape index (κ1) is 12.3. The number of hydrogen-bond acceptors (Lipinski definition) is 3. The van der Waals surface area contributed by atoms with Gasteiger partial charge in [0.05, 0.1) is 0 Å². The monoisotopic (exact) mass is 196 g/mol. The van der Waals surface area contributed by atoms with Gasteiger partial charge in [0.15, 0.2) is 0 Å². The number of rotatable bonds is 7. The van der Waals surface area contributed by atoms with Crippen LogP contribution in [0.15, 0.2) is 0 Å². The molecule has 0 aromatic carbocycles. The van der Waals surface area contributed by atoms with E-state index in [0.717, 1.165) is 12.8 Å². The van der Waals surface area contributed by atoms with Crippen LogP contribution in [0.3, 0.4) is 0 Å². The van der Waals surface area contributed by atoms with Gasteiger partial charge in [0.2, 0.25) is 0 Å². The molecule has 3 nitrogen and oxygen atoms in total. The van der Waals surface area contributed by atoms with Crippen molar-refractivity contribution in [2.45, 2.75) is 26.7 Å². The Morgan fingerprint density at radius 1 is 1.33 bits per heavy atom. The maximum absolute atomic E-state index is 9.80. The summed E-state index contributed by atoms with van der Waals surface area (Å²) >= 11 is 0. The number of unbranched alkanes of at least 4 members (excludes halogenated alkanes) is 1. The molecule has 0 saturated carbocycles. The Morgan fingerprint density at radius 3 is 2.42 bits per heavy atom. The Hall–Kier alpha value is 0.310. The molecule has 0 aromatic heterocycles. The quantitative estimate of drug-likeness (QED) is 0.478. The van der Waals surface area contributed by atoms with Crippen molar-refractivity contribution in [1.82, 2.24) is 0 Å². The number of hydrogen-bond donors (Lipinski definition) is 2. The summed E-state index contributed by atoms with van der Waals surface area (Å²) in [7, 11) is -2.51. The fourth-order valence-corrected chi connectivity index (χ4v) is 2.51. The van der Waals surface area contributed by atoms with Crippen LogP contribution < -0.4 is 0 Å². The van der Waals surface area contributed by atoms with Crippen LogP contribution >= 0.6 is 7.72 Å². The van der Waals surface area contributed by atoms with Gasteiger partial charge >= 0.3 is 74.5 Å². The van der Waals surface area contributed by atoms with Crippen molar-refractivity contribution in [2.75, 3.05) is 25.5 Å². The molecule has 4 heteroatoms. The summed E-state index contributed by atoms with van der Waals surface area (Å²) in [6.45, 7) is 4.66. The van der Waals surface area contributed by atoms with Gasteiger partial charge in [-0.15, -0.1) is 0 Å². The third-order valence-corrected chi connectivity index (χ3v) is 4.77. The van der Waals surface area contributed by atoms with Crippen LogP contribution in [-0.4, -0.2) is 35.5 Å². The van der Waals surface area contributed by atoms with Crippen molar-refractivity contribution < 1.29 is 14.5 Å². The van der Waals surface area contributed by atoms with E-state index in [1.807, 2.05) is 6.92 Å². The Bertz CT molecular complexity index is 110. The summed E-state index contributed by atoms with van der Waals surface area (Å²) < 4.78 is 5.39. The summed E-state index contributed by atoms with van der Waals surface area (Å²) in [5.74, 6) is 0. The summed E-state index contributed by atoms with van der Waals surface area (Å²) in [5, 5.41) is 8.68. The van der Waals surface area contributed by atoms with E-state index < -0.39 is 7.72 Å². The van der Waals surface area contributed by atoms with Crippen molar-refractivity contribution in [3.63, 3.8) is 0 Å². The van der Waals surface area contributed by atoms with Crippen LogP contribution in [0.25, 0.3) is 0 Å². The minimum atomic E-state index is -2.51. The van der Waals surface area contributed by atoms with Crippen LogP contribution in [0.2, 0.25) is 0 Å². The normalized spacial score (nSPS) is 13.3. The van der Waals surface area contributed by atoms with E-state index in [4.69, 9.17) is 9.63 Å². The topological polar surface area (TPSA) is 49.7 Å². The first-order valence-electron chi connectivity index (χ1n) is 4.65. The van der Waals surface area contributed by atoms with Crippen molar-refractivity contribution in [2.24, 2.45) is 0 Å². The molecular formula is C8H21O3P. The summed E-state index contributed by atoms with van der Waals surface area (Å²) in [5.41, 5.74) is 0. The van der Waals surface area contributed by atoms with Gasteiger partial charge in [-0.2, -0.15) is 0 Å². The fourth-order valence-electron chi connectivity index (χ4n) is 0.932. The van der Waals surface area contributed by atoms with Crippen molar-refractivity contribution in [3.05, 3.63) is 0 Å². The molecular weight excluding hydrogens is 175 g/mol. The van der Waals surface area contributed by atoms with E-state index in [1.54, 1.807) is 0 Å². The molecule has 76 valence electrons. The molecule has 0 spiro atoms. The predicted octanol–water partition coefficient (Wildman–Crippen LogP) is 1.39. The molecule has 12 heavy (non-hydrogen) atoms. The molecule has 0 amide bonds. The minimum absolute atomic E-state index is 0.0304. The predicted molar refractivity (Wildman–Crippen MR) is 53.9 cm³/mol. The van der Waals surface area contributed by atoms with Gasteiger partial charge in [0.1, 0.15) is 0 Å². The molecule has 0 fully saturated rings. The van der Waals surface area contributed by atoms with Crippen LogP contribution in [0.1, 0.15) is 26.7 Å². The number of aliphatic hydroxyl groups excluding tert-OH is 1. The SMILES string of the molecule is CCCCO[PH](O)(CC)CCO. The Balaban J connectivity index is 3.63. The van der Waals surface area contributed by atoms with Crippen molar-refractivity contribution >= 4 is 7.72 Å². The summed E-state index contributed by atoms with van der Waals surface area (Å²) in [6.07, 6.45) is 3.17. The van der Waals surface area contributed by atoms with E-state index in [2.05, 4.69) is 6.92 Å². The van der Waals surface area contributed by atoms with Crippen LogP contribution in [0.5, 0.6) is 0 Å². The molecule has 0 rings (SSSR count). The molecule has 0 aliphatic carbocycles. The molecule has 0 atom stereocenters. The second-order valence-electron chi connectivity index (χ2n) is 2.98. The van der Waals surface area contributed by atoms with Gasteiger partial charge in [-0.1, -0.05) is 0 Å². The third-order valence-electron chi connectivity index (χ3n) is 1.92. The molecule has 0 radical (unpaired) electrons. The third kappa shape index (κ3) is 5.04. The van der Waals surface area contributed by atoms with Gasteiger partial charge in [-0.25, -0.2) is 0 Å². The molecule has 0 saturated heterocycles. The maximum atomic E-state index is 9.80. The van der Waals surface area contributed by atoms with Gasteiger partial charge in [-0.3, -0.25) is 0 Å². The van der Waals surface area contributed by atoms with E-state index in [-0.39, 0.29) is 6.61 Å². The first-order valence-corrected chi connectivity index (χ1v) is 6.92. The molecule has 0 bridgehead atoms. The fraction of sp³-hybridized carbons (Fsp3) is 1.00. The van der Waals surface area contributed by atoms with Crippen LogP contribution in [0, 0.1) is 0 Å². The average molecular weight is 196 g/mol. The summed E-state index contributed by atoms with van der Waals surface area (Å²) in [6, 6.07) is 0. The average Bonchev–Trinajstić information content (AvgIpc) is 2.06. The Kier molecular flexibility index (Phi) is 6.96. The van der Waals surface area contributed by atoms with Crippen LogP contribution in [0.4, 0.5) is 0 Å². The van der Waals surface area contributed by atoms with E-state index in [1.165, 1.54) is 0 Å². The van der Waals surface area contributed by atoms with Crippen molar-refractivity contribution in [3.8, 4) is 0 Å². The zero-order valence-corrected chi connectivity index (χ0v) is 9.05. The Labute approximate surface area is 75.3 Å². The molecule has 0 aliphatic heterocycles. The first-order chi connectivity index (χ1) is 5.68. The molecule has 0 heterocycles. The van der Waals surface area contributed by atoms with E-state index in [0.29, 0.717) is 18.9 Å². The van der Waals surface area contributed by atoms with E-state index >= 15 is 0 Å². The Morgan fingerprint density at radius 2 is 2.00 bits per heavy atom. The molecule has 0 aromatic rings. The van der Waals surface area contributed by atoms with Gasteiger partial charge in [-0.05, 0) is 0 Å². The van der Waals surface area contributed by atoms with Crippen molar-refractivity contribution in [1.29, 1.82) is 0 Å². The second kappa shape index (κ2) is 6.79. The molecule has 2 N–H and O–H groups in total. The zero-order chi connectivity index (χ0) is 9.45. The van der Waals surface area contributed by atoms with E-state index in [9.17, 15) is 4.89 Å².